The van der Waals surface area contributed by atoms with E-state index in [9.17, 15) is 26.7 Å². The molecule has 0 fully saturated rings. The molecule has 8 heteroatoms. The summed E-state index contributed by atoms with van der Waals surface area (Å²) in [6.45, 7) is -0.772. The van der Waals surface area contributed by atoms with Crippen molar-refractivity contribution < 1.29 is 36.6 Å². The highest BCUT2D eigenvalue weighted by Gasteiger charge is 2.57. The second kappa shape index (κ2) is 4.73. The molecule has 0 rings (SSSR count). The van der Waals surface area contributed by atoms with E-state index in [0.29, 0.717) is 0 Å². The van der Waals surface area contributed by atoms with Gasteiger partial charge in [0.1, 0.15) is 6.61 Å². The Morgan fingerprint density at radius 1 is 1.33 bits per heavy atom. The van der Waals surface area contributed by atoms with Crippen LogP contribution in [0, 0.1) is 0 Å². The zero-order chi connectivity index (χ0) is 12.3. The van der Waals surface area contributed by atoms with Gasteiger partial charge in [-0.2, -0.15) is 22.0 Å². The van der Waals surface area contributed by atoms with Gasteiger partial charge in [-0.1, -0.05) is 0 Å². The summed E-state index contributed by atoms with van der Waals surface area (Å²) in [7, 11) is 0. The van der Waals surface area contributed by atoms with Crippen molar-refractivity contribution in [3.05, 3.63) is 0 Å². The molecule has 0 bridgehead atoms. The lowest BCUT2D eigenvalue weighted by Gasteiger charge is -2.21. The van der Waals surface area contributed by atoms with Gasteiger partial charge in [-0.15, -0.1) is 0 Å². The van der Waals surface area contributed by atoms with Crippen molar-refractivity contribution in [2.24, 2.45) is 0 Å². The number of alkyl halides is 5. The zero-order valence-electron chi connectivity index (χ0n) is 7.65. The van der Waals surface area contributed by atoms with Crippen LogP contribution in [0.4, 0.5) is 22.0 Å². The summed E-state index contributed by atoms with van der Waals surface area (Å²) < 4.78 is 63.4. The predicted molar refractivity (Wildman–Crippen MR) is 38.7 cm³/mol. The Labute approximate surface area is 81.8 Å². The summed E-state index contributed by atoms with van der Waals surface area (Å²) in [5.74, 6) is -6.29. The Morgan fingerprint density at radius 3 is 2.13 bits per heavy atom. The molecule has 1 atom stereocenters. The summed E-state index contributed by atoms with van der Waals surface area (Å²) in [6, 6.07) is 0. The van der Waals surface area contributed by atoms with Crippen molar-refractivity contribution in [1.82, 2.24) is 0 Å². The number of carboxylic acid groups (broad SMARTS) is 1. The Morgan fingerprint density at radius 2 is 1.80 bits per heavy atom. The van der Waals surface area contributed by atoms with Gasteiger partial charge < -0.3 is 9.84 Å². The molecule has 0 spiro atoms. The molecule has 0 aliphatic heterocycles. The van der Waals surface area contributed by atoms with E-state index < -0.39 is 37.2 Å². The highest BCUT2D eigenvalue weighted by molar-refractivity contribution is 5.67. The van der Waals surface area contributed by atoms with E-state index in [-0.39, 0.29) is 0 Å². The molecule has 0 amide bonds. The molecule has 0 radical (unpaired) electrons. The normalized spacial score (nSPS) is 15.1. The van der Waals surface area contributed by atoms with Gasteiger partial charge in [0.05, 0.1) is 12.5 Å². The van der Waals surface area contributed by atoms with Gasteiger partial charge >= 0.3 is 18.1 Å². The molecule has 0 unspecified atom stereocenters. The fraction of sp³-hybridized carbons (Fsp3) is 0.857. The molecule has 0 aliphatic rings. The molecule has 0 aromatic rings. The summed E-state index contributed by atoms with van der Waals surface area (Å²) >= 11 is 0. The van der Waals surface area contributed by atoms with Crippen molar-refractivity contribution in [3.63, 3.8) is 0 Å². The van der Waals surface area contributed by atoms with Crippen LogP contribution in [0.25, 0.3) is 0 Å². The Kier molecular flexibility index (Phi) is 4.44. The van der Waals surface area contributed by atoms with Gasteiger partial charge in [0, 0.05) is 0 Å². The third-order valence-electron chi connectivity index (χ3n) is 1.43. The number of halogens is 5. The Bertz CT molecular complexity index is 225. The number of hydrogen-bond donors (Lipinski definition) is 1. The van der Waals surface area contributed by atoms with Crippen LogP contribution >= 0.6 is 0 Å². The topological polar surface area (TPSA) is 46.5 Å². The molecular formula is C7H9F5O3. The maximum atomic E-state index is 12.2. The third-order valence-corrected chi connectivity index (χ3v) is 1.43. The van der Waals surface area contributed by atoms with Crippen molar-refractivity contribution in [3.8, 4) is 0 Å². The van der Waals surface area contributed by atoms with Gasteiger partial charge in [-0.25, -0.2) is 0 Å². The van der Waals surface area contributed by atoms with E-state index >= 15 is 0 Å². The first-order valence-corrected chi connectivity index (χ1v) is 3.84. The number of carbonyl (C=O) groups is 1. The van der Waals surface area contributed by atoms with Crippen LogP contribution in [0.5, 0.6) is 0 Å². The quantitative estimate of drug-likeness (QED) is 0.743. The minimum Gasteiger partial charge on any atom is -0.481 e. The van der Waals surface area contributed by atoms with Crippen LogP contribution in [0.3, 0.4) is 0 Å². The van der Waals surface area contributed by atoms with Gasteiger partial charge in [-0.05, 0) is 6.92 Å². The number of rotatable bonds is 5. The Hall–Kier alpha value is -0.920. The molecule has 0 aliphatic carbocycles. The number of aliphatic carboxylic acids is 1. The molecule has 0 saturated carbocycles. The third kappa shape index (κ3) is 4.91. The Balaban J connectivity index is 4.10. The monoisotopic (exact) mass is 236 g/mol. The van der Waals surface area contributed by atoms with E-state index in [1.807, 2.05) is 0 Å². The average molecular weight is 236 g/mol. The summed E-state index contributed by atoms with van der Waals surface area (Å²) in [4.78, 5) is 10.0. The van der Waals surface area contributed by atoms with Gasteiger partial charge in [0.25, 0.3) is 0 Å². The molecule has 0 aromatic carbocycles. The zero-order valence-corrected chi connectivity index (χ0v) is 7.65. The first-order chi connectivity index (χ1) is 6.56. The largest absolute Gasteiger partial charge is 0.481 e. The van der Waals surface area contributed by atoms with Crippen molar-refractivity contribution in [2.45, 2.75) is 31.5 Å². The molecule has 0 aromatic heterocycles. The van der Waals surface area contributed by atoms with Crippen LogP contribution in [-0.2, 0) is 9.53 Å². The minimum absolute atomic E-state index is 0.631. The molecular weight excluding hydrogens is 227 g/mol. The van der Waals surface area contributed by atoms with Crippen LogP contribution in [-0.4, -0.2) is 35.9 Å². The highest BCUT2D eigenvalue weighted by Crippen LogP contribution is 2.35. The van der Waals surface area contributed by atoms with Crippen molar-refractivity contribution in [2.75, 3.05) is 6.61 Å². The summed E-state index contributed by atoms with van der Waals surface area (Å²) in [6.07, 6.45) is -7.51. The highest BCUT2D eigenvalue weighted by atomic mass is 19.4. The molecule has 90 valence electrons. The summed E-state index contributed by atoms with van der Waals surface area (Å²) in [5.41, 5.74) is 0. The summed E-state index contributed by atoms with van der Waals surface area (Å²) in [5, 5.41) is 8.18. The lowest BCUT2D eigenvalue weighted by molar-refractivity contribution is -0.299. The van der Waals surface area contributed by atoms with Crippen molar-refractivity contribution >= 4 is 5.97 Å². The van der Waals surface area contributed by atoms with E-state index in [0.717, 1.165) is 6.92 Å². The van der Waals surface area contributed by atoms with Gasteiger partial charge in [0.2, 0.25) is 0 Å². The second-order valence-electron chi connectivity index (χ2n) is 2.92. The fourth-order valence-electron chi connectivity index (χ4n) is 0.634. The maximum absolute atomic E-state index is 12.2. The molecule has 3 nitrogen and oxygen atoms in total. The molecule has 0 saturated heterocycles. The van der Waals surface area contributed by atoms with Gasteiger partial charge in [0.15, 0.2) is 0 Å². The van der Waals surface area contributed by atoms with E-state index in [1.54, 1.807) is 0 Å². The number of carboxylic acids is 1. The van der Waals surface area contributed by atoms with E-state index in [4.69, 9.17) is 5.11 Å². The van der Waals surface area contributed by atoms with Crippen LogP contribution < -0.4 is 0 Å². The van der Waals surface area contributed by atoms with E-state index in [1.165, 1.54) is 0 Å². The number of hydrogen-bond acceptors (Lipinski definition) is 2. The van der Waals surface area contributed by atoms with Crippen molar-refractivity contribution in [1.29, 1.82) is 0 Å². The fourth-order valence-corrected chi connectivity index (χ4v) is 0.634. The van der Waals surface area contributed by atoms with Crippen LogP contribution in [0.1, 0.15) is 13.3 Å². The van der Waals surface area contributed by atoms with Crippen LogP contribution in [0.2, 0.25) is 0 Å². The predicted octanol–water partition coefficient (Wildman–Crippen LogP) is 2.06. The SMILES string of the molecule is C[C@H](CC(=O)O)OCC(F)(F)C(F)(F)F. The van der Waals surface area contributed by atoms with Gasteiger partial charge in [-0.3, -0.25) is 4.79 Å². The lowest BCUT2D eigenvalue weighted by atomic mass is 10.3. The average Bonchev–Trinajstić information content (AvgIpc) is 1.97. The molecule has 0 heterocycles. The first kappa shape index (κ1) is 14.1. The molecule has 1 N–H and O–H groups in total. The number of ether oxygens (including phenoxy) is 1. The van der Waals surface area contributed by atoms with Crippen LogP contribution in [0.15, 0.2) is 0 Å². The first-order valence-electron chi connectivity index (χ1n) is 3.84. The lowest BCUT2D eigenvalue weighted by Crippen LogP contribution is -2.41. The minimum atomic E-state index is -5.68. The second-order valence-corrected chi connectivity index (χ2v) is 2.92. The van der Waals surface area contributed by atoms with E-state index in [2.05, 4.69) is 4.74 Å². The maximum Gasteiger partial charge on any atom is 0.455 e. The molecule has 15 heavy (non-hydrogen) atoms. The smallest absolute Gasteiger partial charge is 0.455 e. The standard InChI is InChI=1S/C7H9F5O3/c1-4(2-5(13)14)15-3-6(8,9)7(10,11)12/h4H,2-3H2,1H3,(H,13,14)/t4-/m1/s1.